The molecule has 1 fully saturated rings. The zero-order valence-electron chi connectivity index (χ0n) is 16.5. The number of hydrogen-bond donors (Lipinski definition) is 2. The number of benzene rings is 2. The summed E-state index contributed by atoms with van der Waals surface area (Å²) in [6.45, 7) is 4.40. The van der Waals surface area contributed by atoms with Crippen LogP contribution >= 0.6 is 0 Å². The lowest BCUT2D eigenvalue weighted by molar-refractivity contribution is -0.122. The lowest BCUT2D eigenvalue weighted by Crippen LogP contribution is -2.28. The summed E-state index contributed by atoms with van der Waals surface area (Å²) in [5, 5.41) is 2.77. The third kappa shape index (κ3) is 4.83. The highest BCUT2D eigenvalue weighted by atomic mass is 32.2. The van der Waals surface area contributed by atoms with Gasteiger partial charge in [0.15, 0.2) is 0 Å². The van der Waals surface area contributed by atoms with Gasteiger partial charge in [0, 0.05) is 30.9 Å². The number of carbonyl (C=O) groups excluding carboxylic acids is 2. The van der Waals surface area contributed by atoms with E-state index < -0.39 is 15.9 Å². The van der Waals surface area contributed by atoms with E-state index in [-0.39, 0.29) is 23.1 Å². The van der Waals surface area contributed by atoms with Crippen molar-refractivity contribution in [1.82, 2.24) is 4.72 Å². The number of nitrogens with zero attached hydrogens (tertiary/aromatic N) is 1. The number of carbonyl (C=O) groups is 2. The van der Waals surface area contributed by atoms with Gasteiger partial charge in [-0.1, -0.05) is 26.0 Å². The molecule has 0 aliphatic carbocycles. The Balaban J connectivity index is 1.64. The molecule has 2 N–H and O–H groups in total. The van der Waals surface area contributed by atoms with Gasteiger partial charge < -0.3 is 10.2 Å². The molecule has 0 aromatic heterocycles. The number of hydrogen-bond acceptors (Lipinski definition) is 4. The quantitative estimate of drug-likeness (QED) is 0.726. The Morgan fingerprint density at radius 3 is 2.31 bits per heavy atom. The minimum absolute atomic E-state index is 0.0820. The molecule has 1 aliphatic rings. The van der Waals surface area contributed by atoms with Crippen molar-refractivity contribution in [3.05, 3.63) is 54.1 Å². The number of aryl methyl sites for hydroxylation is 1. The smallest absolute Gasteiger partial charge is 0.240 e. The van der Waals surface area contributed by atoms with Gasteiger partial charge in [0.05, 0.1) is 10.8 Å². The van der Waals surface area contributed by atoms with E-state index in [0.29, 0.717) is 18.8 Å². The Bertz CT molecular complexity index is 986. The van der Waals surface area contributed by atoms with Crippen molar-refractivity contribution in [3.8, 4) is 0 Å². The Labute approximate surface area is 171 Å². The third-order valence-corrected chi connectivity index (χ3v) is 6.48. The van der Waals surface area contributed by atoms with Gasteiger partial charge in [0.25, 0.3) is 0 Å². The second kappa shape index (κ2) is 8.75. The van der Waals surface area contributed by atoms with Crippen LogP contribution in [0.1, 0.15) is 25.8 Å². The minimum atomic E-state index is -3.54. The van der Waals surface area contributed by atoms with Crippen LogP contribution in [0.2, 0.25) is 0 Å². The highest BCUT2D eigenvalue weighted by molar-refractivity contribution is 7.89. The van der Waals surface area contributed by atoms with Gasteiger partial charge in [0.2, 0.25) is 21.8 Å². The maximum absolute atomic E-state index is 12.6. The molecule has 1 atom stereocenters. The molecule has 2 amide bonds. The zero-order valence-corrected chi connectivity index (χ0v) is 17.3. The number of amides is 2. The fraction of sp³-hybridized carbons (Fsp3) is 0.333. The van der Waals surface area contributed by atoms with Crippen molar-refractivity contribution in [2.24, 2.45) is 5.92 Å². The largest absolute Gasteiger partial charge is 0.326 e. The fourth-order valence-electron chi connectivity index (χ4n) is 3.28. The molecule has 1 aliphatic heterocycles. The van der Waals surface area contributed by atoms with Crippen molar-refractivity contribution in [2.75, 3.05) is 23.3 Å². The average molecular weight is 416 g/mol. The van der Waals surface area contributed by atoms with Gasteiger partial charge in [-0.3, -0.25) is 9.59 Å². The maximum Gasteiger partial charge on any atom is 0.240 e. The van der Waals surface area contributed by atoms with Gasteiger partial charge in [0.1, 0.15) is 0 Å². The topological polar surface area (TPSA) is 95.6 Å². The van der Waals surface area contributed by atoms with E-state index in [9.17, 15) is 18.0 Å². The van der Waals surface area contributed by atoms with Crippen LogP contribution < -0.4 is 14.9 Å². The second-order valence-corrected chi connectivity index (χ2v) is 8.71. The molecule has 8 heteroatoms. The van der Waals surface area contributed by atoms with E-state index in [2.05, 4.69) is 17.0 Å². The van der Waals surface area contributed by atoms with E-state index in [0.717, 1.165) is 12.1 Å². The van der Waals surface area contributed by atoms with Crippen molar-refractivity contribution in [2.45, 2.75) is 31.6 Å². The monoisotopic (exact) mass is 415 g/mol. The van der Waals surface area contributed by atoms with Crippen molar-refractivity contribution >= 4 is 33.2 Å². The van der Waals surface area contributed by atoms with Crippen LogP contribution in [-0.2, 0) is 26.0 Å². The second-order valence-electron chi connectivity index (χ2n) is 6.94. The predicted molar refractivity (Wildman–Crippen MR) is 112 cm³/mol. The number of nitrogens with one attached hydrogen (secondary N) is 2. The highest BCUT2D eigenvalue weighted by Crippen LogP contribution is 2.26. The molecule has 0 radical (unpaired) electrons. The summed E-state index contributed by atoms with van der Waals surface area (Å²) in [6.07, 6.45) is 1.07. The first-order valence-electron chi connectivity index (χ1n) is 9.64. The SMILES string of the molecule is CCNS(=O)(=O)c1ccc(NC(=O)[C@H]2CC(=O)N(c3ccc(CC)cc3)C2)cc1. The molecule has 2 aromatic carbocycles. The van der Waals surface area contributed by atoms with Gasteiger partial charge in [-0.2, -0.15) is 0 Å². The molecule has 7 nitrogen and oxygen atoms in total. The van der Waals surface area contributed by atoms with E-state index in [1.54, 1.807) is 24.0 Å². The zero-order chi connectivity index (χ0) is 21.0. The maximum atomic E-state index is 12.6. The van der Waals surface area contributed by atoms with Gasteiger partial charge in [-0.15, -0.1) is 0 Å². The van der Waals surface area contributed by atoms with Crippen LogP contribution in [-0.4, -0.2) is 33.3 Å². The van der Waals surface area contributed by atoms with Crippen LogP contribution in [0, 0.1) is 5.92 Å². The predicted octanol–water partition coefficient (Wildman–Crippen LogP) is 2.54. The van der Waals surface area contributed by atoms with Crippen molar-refractivity contribution in [1.29, 1.82) is 0 Å². The summed E-state index contributed by atoms with van der Waals surface area (Å²) in [4.78, 5) is 26.8. The fourth-order valence-corrected chi connectivity index (χ4v) is 4.32. The first kappa shape index (κ1) is 21.0. The molecule has 2 aromatic rings. The molecule has 0 bridgehead atoms. The summed E-state index contributed by atoms with van der Waals surface area (Å²) < 4.78 is 26.4. The Kier molecular flexibility index (Phi) is 6.34. The number of anilines is 2. The van der Waals surface area contributed by atoms with Gasteiger partial charge in [-0.25, -0.2) is 13.1 Å². The van der Waals surface area contributed by atoms with Crippen LogP contribution in [0.4, 0.5) is 11.4 Å². The lowest BCUT2D eigenvalue weighted by Gasteiger charge is -2.17. The Morgan fingerprint density at radius 2 is 1.72 bits per heavy atom. The lowest BCUT2D eigenvalue weighted by atomic mass is 10.1. The minimum Gasteiger partial charge on any atom is -0.326 e. The van der Waals surface area contributed by atoms with Crippen LogP contribution in [0.3, 0.4) is 0 Å². The molecule has 0 unspecified atom stereocenters. The van der Waals surface area contributed by atoms with Gasteiger partial charge >= 0.3 is 0 Å². The average Bonchev–Trinajstić information content (AvgIpc) is 3.10. The molecule has 29 heavy (non-hydrogen) atoms. The summed E-state index contributed by atoms with van der Waals surface area (Å²) in [7, 11) is -3.54. The molecule has 1 heterocycles. The molecule has 1 saturated heterocycles. The number of sulfonamides is 1. The van der Waals surface area contributed by atoms with E-state index >= 15 is 0 Å². The summed E-state index contributed by atoms with van der Waals surface area (Å²) >= 11 is 0. The normalized spacial score (nSPS) is 16.8. The van der Waals surface area contributed by atoms with Crippen molar-refractivity contribution < 1.29 is 18.0 Å². The first-order valence-corrected chi connectivity index (χ1v) is 11.1. The van der Waals surface area contributed by atoms with Crippen LogP contribution in [0.25, 0.3) is 0 Å². The van der Waals surface area contributed by atoms with E-state index in [1.165, 1.54) is 17.7 Å². The molecule has 0 spiro atoms. The van der Waals surface area contributed by atoms with Crippen LogP contribution in [0.5, 0.6) is 0 Å². The number of rotatable bonds is 7. The van der Waals surface area contributed by atoms with E-state index in [4.69, 9.17) is 0 Å². The molecular weight excluding hydrogens is 390 g/mol. The Morgan fingerprint density at radius 1 is 1.07 bits per heavy atom. The molecule has 154 valence electrons. The van der Waals surface area contributed by atoms with E-state index in [1.807, 2.05) is 24.3 Å². The van der Waals surface area contributed by atoms with Crippen molar-refractivity contribution in [3.63, 3.8) is 0 Å². The molecule has 3 rings (SSSR count). The highest BCUT2D eigenvalue weighted by Gasteiger charge is 2.35. The molecular formula is C21H25N3O4S. The first-order chi connectivity index (χ1) is 13.8. The molecule has 0 saturated carbocycles. The summed E-state index contributed by atoms with van der Waals surface area (Å²) in [6, 6.07) is 13.7. The Hall–Kier alpha value is -2.71. The summed E-state index contributed by atoms with van der Waals surface area (Å²) in [5.74, 6) is -0.798. The van der Waals surface area contributed by atoms with Gasteiger partial charge in [-0.05, 0) is 48.4 Å². The summed E-state index contributed by atoms with van der Waals surface area (Å²) in [5.41, 5.74) is 2.47. The standard InChI is InChI=1S/C21H25N3O4S/c1-3-15-5-9-18(10-6-15)24-14-16(13-20(24)25)21(26)23-17-7-11-19(12-8-17)29(27,28)22-4-2/h5-12,16,22H,3-4,13-14H2,1-2H3,(H,23,26)/t16-/m0/s1. The third-order valence-electron chi connectivity index (χ3n) is 4.92. The van der Waals surface area contributed by atoms with Crippen LogP contribution in [0.15, 0.2) is 53.4 Å².